The Kier molecular flexibility index (Phi) is 2.05. The van der Waals surface area contributed by atoms with Gasteiger partial charge in [0.2, 0.25) is 0 Å². The summed E-state index contributed by atoms with van der Waals surface area (Å²) >= 11 is 0. The predicted octanol–water partition coefficient (Wildman–Crippen LogP) is -0.801. The molecule has 0 spiro atoms. The highest BCUT2D eigenvalue weighted by atomic mass is 19.1. The third-order valence-electron chi connectivity index (χ3n) is 0.178. The van der Waals surface area contributed by atoms with Crippen molar-refractivity contribution >= 4 is 0 Å². The minimum Gasteiger partial charge on any atom is -0.314 e. The van der Waals surface area contributed by atoms with Crippen molar-refractivity contribution in [3.05, 3.63) is 0 Å². The van der Waals surface area contributed by atoms with Gasteiger partial charge in [-0.3, -0.25) is 0 Å². The summed E-state index contributed by atoms with van der Waals surface area (Å²) < 4.78 is 10.9. The molecule has 0 atom stereocenters. The second kappa shape index (κ2) is 2.11. The number of halogens is 1. The van der Waals surface area contributed by atoms with Gasteiger partial charge >= 0.3 is 0 Å². The van der Waals surface area contributed by atoms with Gasteiger partial charge in [0.05, 0.1) is 6.17 Å². The molecule has 0 unspecified atom stereocenters. The second-order valence-corrected chi connectivity index (χ2v) is 0.818. The van der Waals surface area contributed by atoms with Gasteiger partial charge in [0.1, 0.15) is 6.67 Å². The molecule has 0 aliphatic rings. The van der Waals surface area contributed by atoms with E-state index in [2.05, 4.69) is 0 Å². The van der Waals surface area contributed by atoms with E-state index in [1.165, 1.54) is 0 Å². The highest BCUT2D eigenvalue weighted by molar-refractivity contribution is 4.41. The van der Waals surface area contributed by atoms with E-state index in [4.69, 9.17) is 11.5 Å². The third-order valence-corrected chi connectivity index (χ3v) is 0.178. The zero-order valence-corrected chi connectivity index (χ0v) is 2.82. The largest absolute Gasteiger partial charge is 0.314 e. The van der Waals surface area contributed by atoms with Crippen LogP contribution in [0.3, 0.4) is 0 Å². The highest BCUT2D eigenvalue weighted by Gasteiger charge is 1.83. The Morgan fingerprint density at radius 3 is 1.80 bits per heavy atom. The van der Waals surface area contributed by atoms with Crippen molar-refractivity contribution in [2.24, 2.45) is 11.5 Å². The van der Waals surface area contributed by atoms with E-state index < -0.39 is 12.8 Å². The molecule has 0 aromatic heterocycles. The Labute approximate surface area is 29.9 Å². The van der Waals surface area contributed by atoms with Crippen molar-refractivity contribution in [1.82, 2.24) is 0 Å². The van der Waals surface area contributed by atoms with E-state index in [9.17, 15) is 4.39 Å². The maximum absolute atomic E-state index is 10.9. The molecule has 5 heavy (non-hydrogen) atoms. The molecule has 0 aliphatic carbocycles. The molecular weight excluding hydrogens is 71.0 g/mol. The van der Waals surface area contributed by atoms with Crippen molar-refractivity contribution in [2.75, 3.05) is 6.67 Å². The molecule has 0 radical (unpaired) electrons. The first-order chi connectivity index (χ1) is 2.27. The lowest BCUT2D eigenvalue weighted by molar-refractivity contribution is 0.435. The standard InChI is InChI=1S/C2H7FN2/c3-1-2(4)5/h2H,1,4-5H2. The molecule has 0 bridgehead atoms. The molecule has 2 nitrogen and oxygen atoms in total. The lowest BCUT2D eigenvalue weighted by Gasteiger charge is -1.89. The van der Waals surface area contributed by atoms with E-state index in [1.807, 2.05) is 0 Å². The molecule has 32 valence electrons. The molecule has 0 fully saturated rings. The van der Waals surface area contributed by atoms with Gasteiger partial charge in [0.15, 0.2) is 0 Å². The van der Waals surface area contributed by atoms with Gasteiger partial charge in [-0.05, 0) is 0 Å². The van der Waals surface area contributed by atoms with Gasteiger partial charge in [-0.2, -0.15) is 0 Å². The summed E-state index contributed by atoms with van der Waals surface area (Å²) in [5.41, 5.74) is 9.39. The molecule has 0 rings (SSSR count). The molecule has 0 aliphatic heterocycles. The fourth-order valence-electron chi connectivity index (χ4n) is 0. The summed E-state index contributed by atoms with van der Waals surface area (Å²) in [5.74, 6) is 0. The normalized spacial score (nSPS) is 9.60. The first-order valence-corrected chi connectivity index (χ1v) is 1.34. The summed E-state index contributed by atoms with van der Waals surface area (Å²) in [6.07, 6.45) is -0.782. The van der Waals surface area contributed by atoms with Crippen LogP contribution >= 0.6 is 0 Å². The zero-order chi connectivity index (χ0) is 4.28. The van der Waals surface area contributed by atoms with Crippen molar-refractivity contribution < 1.29 is 4.39 Å². The van der Waals surface area contributed by atoms with Crippen LogP contribution in [0, 0.1) is 0 Å². The molecule has 0 aromatic rings. The fraction of sp³-hybridized carbons (Fsp3) is 1.00. The number of nitrogens with two attached hydrogens (primary N) is 2. The van der Waals surface area contributed by atoms with Crippen molar-refractivity contribution in [3.8, 4) is 0 Å². The Morgan fingerprint density at radius 2 is 1.80 bits per heavy atom. The van der Waals surface area contributed by atoms with Crippen molar-refractivity contribution in [2.45, 2.75) is 6.17 Å². The number of hydrogen-bond donors (Lipinski definition) is 2. The summed E-state index contributed by atoms with van der Waals surface area (Å²) in [7, 11) is 0. The lowest BCUT2D eigenvalue weighted by atomic mass is 10.6. The van der Waals surface area contributed by atoms with E-state index in [-0.39, 0.29) is 0 Å². The molecule has 0 aromatic carbocycles. The summed E-state index contributed by atoms with van der Waals surface area (Å²) in [5, 5.41) is 0. The van der Waals surface area contributed by atoms with Crippen LogP contribution in [0.15, 0.2) is 0 Å². The first kappa shape index (κ1) is 4.85. The first-order valence-electron chi connectivity index (χ1n) is 1.34. The maximum Gasteiger partial charge on any atom is 0.117 e. The average Bonchev–Trinajstić information content (AvgIpc) is 1.38. The predicted molar refractivity (Wildman–Crippen MR) is 18.1 cm³/mol. The Balaban J connectivity index is 2.54. The monoisotopic (exact) mass is 78.1 g/mol. The van der Waals surface area contributed by atoms with Crippen molar-refractivity contribution in [1.29, 1.82) is 0 Å². The minimum absolute atomic E-state index is 0.639. The molecule has 4 N–H and O–H groups in total. The van der Waals surface area contributed by atoms with E-state index in [0.29, 0.717) is 0 Å². The maximum atomic E-state index is 10.9. The highest BCUT2D eigenvalue weighted by Crippen LogP contribution is 1.60. The molecule has 0 heterocycles. The molecule has 0 saturated carbocycles. The lowest BCUT2D eigenvalue weighted by Crippen LogP contribution is -2.32. The van der Waals surface area contributed by atoms with Gasteiger partial charge in [0.25, 0.3) is 0 Å². The van der Waals surface area contributed by atoms with Gasteiger partial charge in [0, 0.05) is 0 Å². The quantitative estimate of drug-likeness (QED) is 0.403. The smallest absolute Gasteiger partial charge is 0.117 e. The van der Waals surface area contributed by atoms with E-state index in [1.54, 1.807) is 0 Å². The van der Waals surface area contributed by atoms with Crippen molar-refractivity contribution in [3.63, 3.8) is 0 Å². The molecular formula is C2H7FN2. The van der Waals surface area contributed by atoms with Crippen LogP contribution in [0.1, 0.15) is 0 Å². The number of hydrogen-bond acceptors (Lipinski definition) is 2. The van der Waals surface area contributed by atoms with Crippen LogP contribution < -0.4 is 11.5 Å². The zero-order valence-electron chi connectivity index (χ0n) is 2.82. The molecule has 0 amide bonds. The summed E-state index contributed by atoms with van der Waals surface area (Å²) in [6.45, 7) is -0.639. The molecule has 0 saturated heterocycles. The van der Waals surface area contributed by atoms with E-state index in [0.717, 1.165) is 0 Å². The summed E-state index contributed by atoms with van der Waals surface area (Å²) in [6, 6.07) is 0. The van der Waals surface area contributed by atoms with Gasteiger partial charge in [-0.1, -0.05) is 0 Å². The fourth-order valence-corrected chi connectivity index (χ4v) is 0. The molecule has 3 heteroatoms. The van der Waals surface area contributed by atoms with Crippen LogP contribution in [0.5, 0.6) is 0 Å². The Bertz CT molecular complexity index is 21.6. The van der Waals surface area contributed by atoms with Crippen LogP contribution in [0.4, 0.5) is 4.39 Å². The minimum atomic E-state index is -0.782. The average molecular weight is 78.1 g/mol. The second-order valence-electron chi connectivity index (χ2n) is 0.818. The van der Waals surface area contributed by atoms with Gasteiger partial charge in [-0.25, -0.2) is 4.39 Å². The number of rotatable bonds is 1. The van der Waals surface area contributed by atoms with Crippen LogP contribution in [0.25, 0.3) is 0 Å². The van der Waals surface area contributed by atoms with Gasteiger partial charge < -0.3 is 11.5 Å². The Morgan fingerprint density at radius 1 is 1.60 bits per heavy atom. The number of alkyl halides is 1. The topological polar surface area (TPSA) is 52.0 Å². The van der Waals surface area contributed by atoms with Gasteiger partial charge in [-0.15, -0.1) is 0 Å². The van der Waals surface area contributed by atoms with E-state index >= 15 is 0 Å². The van der Waals surface area contributed by atoms with Crippen LogP contribution in [0.2, 0.25) is 0 Å². The third kappa shape index (κ3) is 3.85. The summed E-state index contributed by atoms with van der Waals surface area (Å²) in [4.78, 5) is 0. The SMILES string of the molecule is NC(N)CF. The Hall–Kier alpha value is -0.150. The van der Waals surface area contributed by atoms with Crippen LogP contribution in [-0.2, 0) is 0 Å². The van der Waals surface area contributed by atoms with Crippen LogP contribution in [-0.4, -0.2) is 12.8 Å².